The molecule has 30 heavy (non-hydrogen) atoms. The number of hydrogen-bond acceptors (Lipinski definition) is 1. The van der Waals surface area contributed by atoms with Gasteiger partial charge in [0.2, 0.25) is 0 Å². The van der Waals surface area contributed by atoms with Crippen LogP contribution in [0.4, 0.5) is 0 Å². The summed E-state index contributed by atoms with van der Waals surface area (Å²) < 4.78 is 0. The highest BCUT2D eigenvalue weighted by Gasteiger charge is 2.61. The van der Waals surface area contributed by atoms with Crippen LogP contribution in [0.2, 0.25) is 0 Å². The second-order valence-corrected chi connectivity index (χ2v) is 12.3. The predicted molar refractivity (Wildman–Crippen MR) is 130 cm³/mol. The lowest BCUT2D eigenvalue weighted by Gasteiger charge is -2.61. The summed E-state index contributed by atoms with van der Waals surface area (Å²) in [5, 5.41) is 10.6. The molecule has 1 heteroatoms. The Bertz CT molecular complexity index is 693. The molecule has 4 aliphatic rings. The Morgan fingerprint density at radius 1 is 1.03 bits per heavy atom. The molecule has 7 atom stereocenters. The van der Waals surface area contributed by atoms with Gasteiger partial charge in [-0.3, -0.25) is 0 Å². The third-order valence-corrected chi connectivity index (χ3v) is 9.87. The number of aliphatic hydroxyl groups is 1. The maximum absolute atomic E-state index is 10.6. The van der Waals surface area contributed by atoms with Crippen LogP contribution in [0.3, 0.4) is 0 Å². The molecule has 1 N–H and O–H groups in total. The maximum atomic E-state index is 10.6. The van der Waals surface area contributed by atoms with Crippen molar-refractivity contribution in [3.8, 4) is 0 Å². The SMILES string of the molecule is C/C=C/CC1CCC2C3CC=C4C(CCC(O)C4(C)C)C3(C)CCC12C.C=C(C)C. The molecule has 170 valence electrons. The molecule has 4 aliphatic carbocycles. The van der Waals surface area contributed by atoms with Crippen LogP contribution in [0.15, 0.2) is 36.0 Å². The van der Waals surface area contributed by atoms with Crippen molar-refractivity contribution in [3.05, 3.63) is 36.0 Å². The van der Waals surface area contributed by atoms with Gasteiger partial charge in [0.25, 0.3) is 0 Å². The van der Waals surface area contributed by atoms with Gasteiger partial charge >= 0.3 is 0 Å². The van der Waals surface area contributed by atoms with E-state index >= 15 is 0 Å². The average Bonchev–Trinajstić information content (AvgIpc) is 2.99. The van der Waals surface area contributed by atoms with Gasteiger partial charge in [0, 0.05) is 5.41 Å². The summed E-state index contributed by atoms with van der Waals surface area (Å²) in [7, 11) is 0. The van der Waals surface area contributed by atoms with E-state index in [1.54, 1.807) is 5.57 Å². The summed E-state index contributed by atoms with van der Waals surface area (Å²) in [6.45, 7) is 19.5. The molecule has 0 aromatic rings. The number of hydrogen-bond donors (Lipinski definition) is 1. The maximum Gasteiger partial charge on any atom is 0.0628 e. The molecular formula is C29H48O. The number of rotatable bonds is 2. The first-order valence-electron chi connectivity index (χ1n) is 12.6. The Morgan fingerprint density at radius 2 is 1.67 bits per heavy atom. The van der Waals surface area contributed by atoms with Gasteiger partial charge in [0.05, 0.1) is 6.10 Å². The Labute approximate surface area is 187 Å². The van der Waals surface area contributed by atoms with Crippen molar-refractivity contribution in [1.82, 2.24) is 0 Å². The first-order chi connectivity index (χ1) is 14.0. The minimum atomic E-state index is -0.157. The lowest BCUT2D eigenvalue weighted by molar-refractivity contribution is -0.0906. The first kappa shape index (κ1) is 23.8. The smallest absolute Gasteiger partial charge is 0.0628 e. The Balaban J connectivity index is 0.000000589. The fourth-order valence-electron chi connectivity index (χ4n) is 7.96. The van der Waals surface area contributed by atoms with Gasteiger partial charge in [0.15, 0.2) is 0 Å². The van der Waals surface area contributed by atoms with Crippen molar-refractivity contribution in [1.29, 1.82) is 0 Å². The molecule has 3 saturated carbocycles. The Morgan fingerprint density at radius 3 is 2.30 bits per heavy atom. The van der Waals surface area contributed by atoms with Gasteiger partial charge < -0.3 is 5.11 Å². The van der Waals surface area contributed by atoms with Crippen molar-refractivity contribution in [3.63, 3.8) is 0 Å². The lowest BCUT2D eigenvalue weighted by atomic mass is 9.43. The third-order valence-electron chi connectivity index (χ3n) is 9.87. The zero-order valence-electron chi connectivity index (χ0n) is 20.9. The van der Waals surface area contributed by atoms with E-state index in [1.807, 2.05) is 13.8 Å². The number of allylic oxidation sites excluding steroid dienone is 4. The van der Waals surface area contributed by atoms with Crippen molar-refractivity contribution in [2.24, 2.45) is 39.9 Å². The fraction of sp³-hybridized carbons (Fsp3) is 0.793. The first-order valence-corrected chi connectivity index (χ1v) is 12.6. The Hall–Kier alpha value is -0.820. The summed E-state index contributed by atoms with van der Waals surface area (Å²) in [6.07, 6.45) is 17.5. The molecule has 1 nitrogen and oxygen atoms in total. The highest BCUT2D eigenvalue weighted by atomic mass is 16.3. The van der Waals surface area contributed by atoms with E-state index in [4.69, 9.17) is 0 Å². The summed E-state index contributed by atoms with van der Waals surface area (Å²) in [5.74, 6) is 3.36. The van der Waals surface area contributed by atoms with E-state index in [-0.39, 0.29) is 11.5 Å². The minimum Gasteiger partial charge on any atom is -0.392 e. The van der Waals surface area contributed by atoms with Crippen molar-refractivity contribution < 1.29 is 5.11 Å². The van der Waals surface area contributed by atoms with Crippen molar-refractivity contribution >= 4 is 0 Å². The van der Waals surface area contributed by atoms with Gasteiger partial charge in [-0.15, -0.1) is 6.58 Å². The van der Waals surface area contributed by atoms with E-state index in [0.29, 0.717) is 16.7 Å². The molecule has 0 spiro atoms. The second kappa shape index (κ2) is 8.61. The second-order valence-electron chi connectivity index (χ2n) is 12.3. The number of aliphatic hydroxyl groups excluding tert-OH is 1. The third kappa shape index (κ3) is 3.89. The van der Waals surface area contributed by atoms with Gasteiger partial charge in [-0.1, -0.05) is 57.1 Å². The fourth-order valence-corrected chi connectivity index (χ4v) is 7.96. The van der Waals surface area contributed by atoms with Crippen LogP contribution in [0.25, 0.3) is 0 Å². The number of fused-ring (bicyclic) bond motifs is 5. The minimum absolute atomic E-state index is 0.0260. The van der Waals surface area contributed by atoms with Crippen molar-refractivity contribution in [2.75, 3.05) is 0 Å². The van der Waals surface area contributed by atoms with Crippen LogP contribution in [0.1, 0.15) is 99.8 Å². The molecule has 0 aromatic heterocycles. The highest BCUT2D eigenvalue weighted by molar-refractivity contribution is 5.29. The van der Waals surface area contributed by atoms with E-state index in [2.05, 4.69) is 59.4 Å². The predicted octanol–water partition coefficient (Wildman–Crippen LogP) is 8.11. The normalized spacial score (nSPS) is 44.3. The summed E-state index contributed by atoms with van der Waals surface area (Å²) in [4.78, 5) is 0. The molecule has 0 bridgehead atoms. The van der Waals surface area contributed by atoms with E-state index in [0.717, 1.165) is 24.2 Å². The molecule has 3 fully saturated rings. The van der Waals surface area contributed by atoms with Crippen LogP contribution >= 0.6 is 0 Å². The molecule has 0 heterocycles. The van der Waals surface area contributed by atoms with Gasteiger partial charge in [0.1, 0.15) is 0 Å². The lowest BCUT2D eigenvalue weighted by Crippen LogP contribution is -2.54. The van der Waals surface area contributed by atoms with E-state index in [9.17, 15) is 5.11 Å². The van der Waals surface area contributed by atoms with Gasteiger partial charge in [-0.25, -0.2) is 0 Å². The van der Waals surface area contributed by atoms with Crippen LogP contribution in [-0.4, -0.2) is 11.2 Å². The standard InChI is InChI=1S/C25H40O.C4H8/c1-6-7-8-17-9-10-20-21-12-11-18-19(13-14-22(26)23(18,2)3)25(21,5)16-15-24(17,20)4;1-4(2)3/h6-7,11,17,19-22,26H,8-10,12-16H2,1-5H3;1H2,2-3H3/b7-6+;. The monoisotopic (exact) mass is 412 g/mol. The topological polar surface area (TPSA) is 20.2 Å². The molecule has 0 radical (unpaired) electrons. The van der Waals surface area contributed by atoms with Crippen LogP contribution in [0, 0.1) is 39.9 Å². The summed E-state index contributed by atoms with van der Waals surface area (Å²) in [5.41, 5.74) is 3.75. The molecule has 0 saturated heterocycles. The summed E-state index contributed by atoms with van der Waals surface area (Å²) in [6, 6.07) is 0. The van der Waals surface area contributed by atoms with Crippen molar-refractivity contribution in [2.45, 2.75) is 106 Å². The van der Waals surface area contributed by atoms with Crippen LogP contribution in [0.5, 0.6) is 0 Å². The van der Waals surface area contributed by atoms with Crippen LogP contribution < -0.4 is 0 Å². The zero-order valence-corrected chi connectivity index (χ0v) is 20.9. The van der Waals surface area contributed by atoms with E-state index < -0.39 is 0 Å². The molecule has 0 amide bonds. The molecule has 0 aliphatic heterocycles. The Kier molecular flexibility index (Phi) is 6.84. The zero-order chi connectivity index (χ0) is 22.3. The molecular weight excluding hydrogens is 364 g/mol. The molecule has 0 aromatic carbocycles. The molecule has 7 unspecified atom stereocenters. The molecule has 4 rings (SSSR count). The highest BCUT2D eigenvalue weighted by Crippen LogP contribution is 2.69. The average molecular weight is 413 g/mol. The quantitative estimate of drug-likeness (QED) is 0.454. The van der Waals surface area contributed by atoms with Gasteiger partial charge in [-0.05, 0) is 107 Å². The van der Waals surface area contributed by atoms with E-state index in [1.165, 1.54) is 50.5 Å². The van der Waals surface area contributed by atoms with Crippen LogP contribution in [-0.2, 0) is 0 Å². The van der Waals surface area contributed by atoms with Gasteiger partial charge in [-0.2, -0.15) is 0 Å². The summed E-state index contributed by atoms with van der Waals surface area (Å²) >= 11 is 0. The largest absolute Gasteiger partial charge is 0.392 e.